The van der Waals surface area contributed by atoms with E-state index in [2.05, 4.69) is 31.0 Å². The molecule has 16 heteroatoms. The van der Waals surface area contributed by atoms with Gasteiger partial charge < -0.3 is 20.2 Å². The van der Waals surface area contributed by atoms with E-state index >= 15 is 0 Å². The second kappa shape index (κ2) is 28.5. The van der Waals surface area contributed by atoms with Gasteiger partial charge in [0.15, 0.2) is 0 Å². The van der Waals surface area contributed by atoms with Gasteiger partial charge in [-0.15, -0.1) is 5.10 Å². The summed E-state index contributed by atoms with van der Waals surface area (Å²) in [6.45, 7) is 5.06. The number of Topliss-reactive ketones (excluding diaryl/α,β-unsaturated/α-hetero) is 2. The monoisotopic (exact) mass is 794 g/mol. The molecule has 0 radical (unpaired) electrons. The first-order valence-electron chi connectivity index (χ1n) is 18.8. The Labute approximate surface area is 331 Å². The lowest BCUT2D eigenvalue weighted by molar-refractivity contribution is -0.122. The summed E-state index contributed by atoms with van der Waals surface area (Å²) in [5.74, 6) is 5.88. The van der Waals surface area contributed by atoms with Gasteiger partial charge in [-0.25, -0.2) is 0 Å². The molecule has 0 spiro atoms. The summed E-state index contributed by atoms with van der Waals surface area (Å²) in [4.78, 5) is 57.4. The number of nitrogens with one attached hydrogen (secondary N) is 2. The third-order valence-corrected chi connectivity index (χ3v) is 13.5. The summed E-state index contributed by atoms with van der Waals surface area (Å²) in [6.07, 6.45) is 14.8. The van der Waals surface area contributed by atoms with Gasteiger partial charge in [-0.2, -0.15) is 23.5 Å². The largest absolute Gasteiger partial charge is 0.384 e. The number of amides is 2. The van der Waals surface area contributed by atoms with Crippen molar-refractivity contribution < 1.29 is 28.7 Å². The fourth-order valence-electron chi connectivity index (χ4n) is 7.58. The second-order valence-corrected chi connectivity index (χ2v) is 16.6. The Balaban J connectivity index is 0.000000511. The number of carbonyl (C=O) groups is 5. The summed E-state index contributed by atoms with van der Waals surface area (Å²) in [5, 5.41) is 18.7. The Morgan fingerprint density at radius 3 is 1.94 bits per heavy atom. The van der Waals surface area contributed by atoms with Crippen LogP contribution in [0.5, 0.6) is 0 Å². The number of fused-ring (bicyclic) bond motifs is 2. The van der Waals surface area contributed by atoms with E-state index in [0.717, 1.165) is 101 Å². The lowest BCUT2D eigenvalue weighted by atomic mass is 9.92. The van der Waals surface area contributed by atoms with Crippen LogP contribution in [0.2, 0.25) is 0 Å². The van der Waals surface area contributed by atoms with Gasteiger partial charge in [0.1, 0.15) is 18.4 Å². The highest BCUT2D eigenvalue weighted by Crippen LogP contribution is 2.48. The third kappa shape index (κ3) is 17.7. The fraction of sp³-hybridized carbons (Fsp3) is 0.816. The molecule has 2 unspecified atom stereocenters. The third-order valence-electron chi connectivity index (χ3n) is 10.3. The molecule has 0 bridgehead atoms. The zero-order chi connectivity index (χ0) is 37.6. The molecule has 0 aromatic carbocycles. The molecule has 6 atom stereocenters. The van der Waals surface area contributed by atoms with Gasteiger partial charge in [-0.1, -0.05) is 38.0 Å². The standard InChI is InChI=1S/C20H32N4O3S.C15H24N4O2S.CH2O.2CH4/c1-27-10-7-16-13-24(23-22-16)9-4-8-21-20(26)6-3-2-5-19-18-12-17(25)11-15(18)14-28-19;16-19-18-7-3-6-17-15(21)5-2-1-4-14-13-9-12(20)8-11(13)10-22-14;1-2;;/h13,15,18-19H,2-12,14H2,1H3,(H,21,26);11,13-14H,1-10H2,(H,17,21);1H2;2*1H4/t15-,18-,19?;11-,13-,14?;;;/m11.../s1. The molecule has 54 heavy (non-hydrogen) atoms. The van der Waals surface area contributed by atoms with Crippen molar-refractivity contribution in [3.05, 3.63) is 22.3 Å². The van der Waals surface area contributed by atoms with E-state index in [1.54, 1.807) is 7.11 Å². The molecule has 2 aliphatic carbocycles. The topological polar surface area (TPSA) is 198 Å². The van der Waals surface area contributed by atoms with Gasteiger partial charge in [0.05, 0.1) is 12.3 Å². The molecule has 14 nitrogen and oxygen atoms in total. The van der Waals surface area contributed by atoms with Gasteiger partial charge in [0.25, 0.3) is 0 Å². The van der Waals surface area contributed by atoms with E-state index in [1.807, 2.05) is 41.2 Å². The SMILES string of the molecule is C.C.C=O.COCCc1cn(CCCNC(=O)CCCCC2SC[C@H]3CC(=O)C[C@@H]23)nn1.[N-]=[N+]=NCCCNC(=O)CCCCC1SC[C@H]2CC(=O)C[C@@H]12. The van der Waals surface area contributed by atoms with Crippen LogP contribution in [0.1, 0.15) is 110 Å². The van der Waals surface area contributed by atoms with Gasteiger partial charge >= 0.3 is 0 Å². The molecule has 3 heterocycles. The van der Waals surface area contributed by atoms with Crippen LogP contribution in [0.15, 0.2) is 11.3 Å². The highest BCUT2D eigenvalue weighted by Gasteiger charge is 2.43. The molecule has 5 rings (SSSR count). The lowest BCUT2D eigenvalue weighted by Gasteiger charge is -2.16. The van der Waals surface area contributed by atoms with Crippen LogP contribution in [0.25, 0.3) is 10.4 Å². The molecule has 1 aromatic heterocycles. The molecular formula is C38H66N8O6S2. The smallest absolute Gasteiger partial charge is 0.219 e. The Kier molecular flexibility index (Phi) is 25.9. The van der Waals surface area contributed by atoms with Crippen molar-refractivity contribution in [1.29, 1.82) is 0 Å². The summed E-state index contributed by atoms with van der Waals surface area (Å²) in [5.41, 5.74) is 9.06. The van der Waals surface area contributed by atoms with Crippen molar-refractivity contribution >= 4 is 53.7 Å². The van der Waals surface area contributed by atoms with E-state index in [0.29, 0.717) is 91.2 Å². The van der Waals surface area contributed by atoms with Crippen LogP contribution in [-0.2, 0) is 41.7 Å². The minimum atomic E-state index is 0. The predicted octanol–water partition coefficient (Wildman–Crippen LogP) is 6.41. The van der Waals surface area contributed by atoms with Crippen molar-refractivity contribution in [3.63, 3.8) is 0 Å². The molecule has 2 amide bonds. The fourth-order valence-corrected chi connectivity index (χ4v) is 11.1. The Morgan fingerprint density at radius 1 is 0.889 bits per heavy atom. The van der Waals surface area contributed by atoms with Crippen LogP contribution in [0, 0.1) is 23.7 Å². The summed E-state index contributed by atoms with van der Waals surface area (Å²) >= 11 is 4.07. The predicted molar refractivity (Wildman–Crippen MR) is 217 cm³/mol. The minimum Gasteiger partial charge on any atom is -0.384 e. The number of nitrogens with zero attached hydrogens (tertiary/aromatic N) is 6. The first-order chi connectivity index (χ1) is 25.4. The lowest BCUT2D eigenvalue weighted by Crippen LogP contribution is -2.25. The normalized spacial score (nSPS) is 23.3. The number of aryl methyl sites for hydroxylation is 1. The number of aromatic nitrogens is 3. The van der Waals surface area contributed by atoms with Crippen LogP contribution >= 0.6 is 23.5 Å². The number of hydrogen-bond acceptors (Lipinski definition) is 11. The van der Waals surface area contributed by atoms with E-state index in [9.17, 15) is 19.2 Å². The molecule has 2 N–H and O–H groups in total. The zero-order valence-electron chi connectivity index (χ0n) is 30.8. The van der Waals surface area contributed by atoms with Crippen molar-refractivity contribution in [3.8, 4) is 0 Å². The van der Waals surface area contributed by atoms with E-state index in [1.165, 1.54) is 0 Å². The van der Waals surface area contributed by atoms with Crippen LogP contribution in [0.4, 0.5) is 0 Å². The van der Waals surface area contributed by atoms with E-state index in [4.69, 9.17) is 15.1 Å². The average molecular weight is 795 g/mol. The molecular weight excluding hydrogens is 729 g/mol. The number of unbranched alkanes of at least 4 members (excludes halogenated alkanes) is 2. The van der Waals surface area contributed by atoms with E-state index in [-0.39, 0.29) is 26.7 Å². The maximum absolute atomic E-state index is 12.0. The molecule has 1 aromatic rings. The van der Waals surface area contributed by atoms with Gasteiger partial charge in [-0.05, 0) is 79.2 Å². The molecule has 4 aliphatic rings. The Bertz CT molecular complexity index is 1310. The first kappa shape index (κ1) is 49.1. The number of carbonyl (C=O) groups excluding carboxylic acids is 5. The van der Waals surface area contributed by atoms with Crippen molar-refractivity contribution in [2.75, 3.05) is 44.9 Å². The second-order valence-electron chi connectivity index (χ2n) is 14.1. The molecule has 4 fully saturated rings. The highest BCUT2D eigenvalue weighted by molar-refractivity contribution is 8.00. The molecule has 306 valence electrons. The number of hydrogen-bond donors (Lipinski definition) is 2. The highest BCUT2D eigenvalue weighted by atomic mass is 32.2. The number of ether oxygens (including phenoxy) is 1. The number of azide groups is 1. The zero-order valence-corrected chi connectivity index (χ0v) is 32.4. The number of rotatable bonds is 21. The van der Waals surface area contributed by atoms with Crippen molar-refractivity contribution in [2.24, 2.45) is 28.8 Å². The molecule has 2 saturated heterocycles. The van der Waals surface area contributed by atoms with Crippen LogP contribution in [-0.4, -0.2) is 101 Å². The maximum Gasteiger partial charge on any atom is 0.219 e. The maximum atomic E-state index is 12.0. The number of thioether (sulfide) groups is 2. The van der Waals surface area contributed by atoms with Gasteiger partial charge in [-0.3, -0.25) is 23.9 Å². The molecule has 2 aliphatic heterocycles. The van der Waals surface area contributed by atoms with Crippen molar-refractivity contribution in [2.45, 2.75) is 128 Å². The number of ketones is 2. The molecule has 2 saturated carbocycles. The average Bonchev–Trinajstić information content (AvgIpc) is 3.97. The summed E-state index contributed by atoms with van der Waals surface area (Å²) in [6, 6.07) is 0. The van der Waals surface area contributed by atoms with E-state index < -0.39 is 0 Å². The van der Waals surface area contributed by atoms with Crippen LogP contribution in [0.3, 0.4) is 0 Å². The van der Waals surface area contributed by atoms with Gasteiger partial charge in [0.2, 0.25) is 11.8 Å². The summed E-state index contributed by atoms with van der Waals surface area (Å²) < 4.78 is 6.85. The van der Waals surface area contributed by atoms with Crippen LogP contribution < -0.4 is 10.6 Å². The Morgan fingerprint density at radius 2 is 1.43 bits per heavy atom. The first-order valence-corrected chi connectivity index (χ1v) is 20.9. The van der Waals surface area contributed by atoms with Gasteiger partial charge in [0, 0.05) is 99.8 Å². The quantitative estimate of drug-likeness (QED) is 0.0607. The minimum absolute atomic E-state index is 0. The summed E-state index contributed by atoms with van der Waals surface area (Å²) in [7, 11) is 1.67. The Hall–Kier alpha value is -2.94. The van der Waals surface area contributed by atoms with Crippen molar-refractivity contribution in [1.82, 2.24) is 25.6 Å². The number of methoxy groups -OCH3 is 1.